The highest BCUT2D eigenvalue weighted by Gasteiger charge is 2.21. The Morgan fingerprint density at radius 3 is 2.19 bits per heavy atom. The zero-order chi connectivity index (χ0) is 19.2. The third-order valence-corrected chi connectivity index (χ3v) is 6.14. The van der Waals surface area contributed by atoms with Crippen molar-refractivity contribution in [1.29, 1.82) is 0 Å². The molecule has 1 N–H and O–H groups in total. The predicted molar refractivity (Wildman–Crippen MR) is 111 cm³/mol. The second-order valence-corrected chi connectivity index (χ2v) is 9.61. The van der Waals surface area contributed by atoms with Gasteiger partial charge in [0.05, 0.1) is 6.42 Å². The summed E-state index contributed by atoms with van der Waals surface area (Å²) in [6.07, 6.45) is 5.54. The number of aliphatic carboxylic acids is 1. The van der Waals surface area contributed by atoms with Crippen LogP contribution in [0, 0.1) is 5.41 Å². The van der Waals surface area contributed by atoms with Crippen LogP contribution in [0.5, 0.6) is 0 Å². The minimum atomic E-state index is -0.705. The van der Waals surface area contributed by atoms with Gasteiger partial charge in [-0.05, 0) is 66.7 Å². The molecular formula is C23H32O2S. The van der Waals surface area contributed by atoms with Gasteiger partial charge >= 0.3 is 5.97 Å². The van der Waals surface area contributed by atoms with Gasteiger partial charge in [0, 0.05) is 9.75 Å². The van der Waals surface area contributed by atoms with Gasteiger partial charge in [0.25, 0.3) is 0 Å². The van der Waals surface area contributed by atoms with Crippen molar-refractivity contribution < 1.29 is 9.90 Å². The Kier molecular flexibility index (Phi) is 7.45. The van der Waals surface area contributed by atoms with E-state index in [9.17, 15) is 4.79 Å². The molecule has 0 radical (unpaired) electrons. The minimum Gasteiger partial charge on any atom is -0.481 e. The fourth-order valence-corrected chi connectivity index (χ4v) is 4.25. The molecule has 0 amide bonds. The number of carbonyl (C=O) groups is 1. The fraction of sp³-hybridized carbons (Fsp3) is 0.522. The first-order chi connectivity index (χ1) is 12.2. The number of aryl methyl sites for hydroxylation is 3. The van der Waals surface area contributed by atoms with Crippen molar-refractivity contribution in [3.8, 4) is 0 Å². The summed E-state index contributed by atoms with van der Waals surface area (Å²) >= 11 is 1.89. The lowest BCUT2D eigenvalue weighted by molar-refractivity contribution is -0.139. The molecule has 2 aromatic rings. The molecule has 0 fully saturated rings. The van der Waals surface area contributed by atoms with E-state index < -0.39 is 5.97 Å². The van der Waals surface area contributed by atoms with Crippen LogP contribution >= 0.6 is 11.3 Å². The SMILES string of the molecule is CC(C)c1ccc(CCCc2ccc(CCC(C)(C)CC(=O)O)s2)cc1. The van der Waals surface area contributed by atoms with Gasteiger partial charge in [0.1, 0.15) is 0 Å². The second kappa shape index (κ2) is 9.36. The first-order valence-electron chi connectivity index (χ1n) is 9.63. The van der Waals surface area contributed by atoms with Gasteiger partial charge in [-0.25, -0.2) is 0 Å². The minimum absolute atomic E-state index is 0.141. The van der Waals surface area contributed by atoms with Crippen LogP contribution < -0.4 is 0 Å². The van der Waals surface area contributed by atoms with Gasteiger partial charge in [0.15, 0.2) is 0 Å². The molecule has 0 saturated carbocycles. The van der Waals surface area contributed by atoms with E-state index in [-0.39, 0.29) is 11.8 Å². The maximum atomic E-state index is 10.9. The summed E-state index contributed by atoms with van der Waals surface area (Å²) in [4.78, 5) is 13.7. The smallest absolute Gasteiger partial charge is 0.303 e. The summed E-state index contributed by atoms with van der Waals surface area (Å²) < 4.78 is 0. The molecule has 0 aliphatic heterocycles. The van der Waals surface area contributed by atoms with Crippen LogP contribution in [0.1, 0.15) is 73.8 Å². The average Bonchev–Trinajstić information content (AvgIpc) is 3.00. The molecule has 1 heterocycles. The number of hydrogen-bond donors (Lipinski definition) is 1. The lowest BCUT2D eigenvalue weighted by atomic mass is 9.84. The Morgan fingerprint density at radius 1 is 1.00 bits per heavy atom. The zero-order valence-corrected chi connectivity index (χ0v) is 17.4. The number of thiophene rings is 1. The Morgan fingerprint density at radius 2 is 1.62 bits per heavy atom. The molecular weight excluding hydrogens is 340 g/mol. The average molecular weight is 373 g/mol. The molecule has 0 atom stereocenters. The van der Waals surface area contributed by atoms with E-state index in [0.29, 0.717) is 5.92 Å². The third kappa shape index (κ3) is 6.95. The topological polar surface area (TPSA) is 37.3 Å². The van der Waals surface area contributed by atoms with Gasteiger partial charge < -0.3 is 5.11 Å². The van der Waals surface area contributed by atoms with E-state index in [1.54, 1.807) is 0 Å². The zero-order valence-electron chi connectivity index (χ0n) is 16.5. The normalized spacial score (nSPS) is 11.9. The highest BCUT2D eigenvalue weighted by molar-refractivity contribution is 7.11. The van der Waals surface area contributed by atoms with Crippen molar-refractivity contribution in [2.45, 2.75) is 72.1 Å². The van der Waals surface area contributed by atoms with E-state index in [1.165, 1.54) is 27.3 Å². The van der Waals surface area contributed by atoms with Gasteiger partial charge in [-0.1, -0.05) is 52.0 Å². The number of benzene rings is 1. The van der Waals surface area contributed by atoms with Crippen LogP contribution in [0.4, 0.5) is 0 Å². The lowest BCUT2D eigenvalue weighted by Crippen LogP contribution is -2.17. The van der Waals surface area contributed by atoms with Crippen LogP contribution in [0.3, 0.4) is 0 Å². The summed E-state index contributed by atoms with van der Waals surface area (Å²) in [6.45, 7) is 8.54. The molecule has 1 aromatic carbocycles. The molecule has 3 heteroatoms. The Labute approximate surface area is 162 Å². The van der Waals surface area contributed by atoms with Crippen molar-refractivity contribution in [3.05, 3.63) is 57.3 Å². The van der Waals surface area contributed by atoms with Crippen LogP contribution in [-0.4, -0.2) is 11.1 Å². The Bertz CT molecular complexity index is 695. The van der Waals surface area contributed by atoms with Gasteiger partial charge in [0.2, 0.25) is 0 Å². The summed E-state index contributed by atoms with van der Waals surface area (Å²) in [7, 11) is 0. The molecule has 26 heavy (non-hydrogen) atoms. The van der Waals surface area contributed by atoms with Crippen molar-refractivity contribution >= 4 is 17.3 Å². The van der Waals surface area contributed by atoms with Crippen LogP contribution in [0.2, 0.25) is 0 Å². The van der Waals surface area contributed by atoms with E-state index in [4.69, 9.17) is 5.11 Å². The molecule has 0 saturated heterocycles. The van der Waals surface area contributed by atoms with E-state index in [2.05, 4.69) is 50.2 Å². The highest BCUT2D eigenvalue weighted by Crippen LogP contribution is 2.29. The van der Waals surface area contributed by atoms with Crippen LogP contribution in [0.25, 0.3) is 0 Å². The van der Waals surface area contributed by atoms with Crippen LogP contribution in [0.15, 0.2) is 36.4 Å². The van der Waals surface area contributed by atoms with Crippen LogP contribution in [-0.2, 0) is 24.1 Å². The predicted octanol–water partition coefficient (Wildman–Crippen LogP) is 6.48. The van der Waals surface area contributed by atoms with E-state index in [0.717, 1.165) is 25.7 Å². The molecule has 0 spiro atoms. The third-order valence-electron chi connectivity index (χ3n) is 4.93. The van der Waals surface area contributed by atoms with Crippen molar-refractivity contribution in [3.63, 3.8) is 0 Å². The number of rotatable bonds is 10. The molecule has 0 aliphatic carbocycles. The Balaban J connectivity index is 1.76. The van der Waals surface area contributed by atoms with Crippen molar-refractivity contribution in [2.24, 2.45) is 5.41 Å². The first kappa shape index (κ1) is 20.7. The monoisotopic (exact) mass is 372 g/mol. The summed E-state index contributed by atoms with van der Waals surface area (Å²) in [6, 6.07) is 13.5. The lowest BCUT2D eigenvalue weighted by Gasteiger charge is -2.21. The molecule has 142 valence electrons. The molecule has 1 aromatic heterocycles. The fourth-order valence-electron chi connectivity index (χ4n) is 3.19. The van der Waals surface area contributed by atoms with Gasteiger partial charge in [-0.15, -0.1) is 11.3 Å². The maximum Gasteiger partial charge on any atom is 0.303 e. The van der Waals surface area contributed by atoms with Crippen molar-refractivity contribution in [1.82, 2.24) is 0 Å². The number of carboxylic acids is 1. The summed E-state index contributed by atoms with van der Waals surface area (Å²) in [5.74, 6) is -0.114. The summed E-state index contributed by atoms with van der Waals surface area (Å²) in [5, 5.41) is 8.99. The largest absolute Gasteiger partial charge is 0.481 e. The molecule has 0 bridgehead atoms. The summed E-state index contributed by atoms with van der Waals surface area (Å²) in [5.41, 5.74) is 2.68. The molecule has 0 aliphatic rings. The van der Waals surface area contributed by atoms with Gasteiger partial charge in [-0.3, -0.25) is 4.79 Å². The first-order valence-corrected chi connectivity index (χ1v) is 10.4. The standard InChI is InChI=1S/C23H32O2S/c1-17(2)19-10-8-18(9-11-19)6-5-7-20-12-13-21(26-20)14-15-23(3,4)16-22(24)25/h8-13,17H,5-7,14-16H2,1-4H3,(H,24,25). The highest BCUT2D eigenvalue weighted by atomic mass is 32.1. The number of carboxylic acid groups (broad SMARTS) is 1. The quantitative estimate of drug-likeness (QED) is 0.518. The Hall–Kier alpha value is -1.61. The molecule has 2 nitrogen and oxygen atoms in total. The van der Waals surface area contributed by atoms with E-state index >= 15 is 0 Å². The molecule has 0 unspecified atom stereocenters. The maximum absolute atomic E-state index is 10.9. The number of hydrogen-bond acceptors (Lipinski definition) is 2. The molecule has 2 rings (SSSR count). The van der Waals surface area contributed by atoms with Crippen molar-refractivity contribution in [2.75, 3.05) is 0 Å². The van der Waals surface area contributed by atoms with E-state index in [1.807, 2.05) is 25.2 Å². The van der Waals surface area contributed by atoms with Gasteiger partial charge in [-0.2, -0.15) is 0 Å². The second-order valence-electron chi connectivity index (χ2n) is 8.35.